The van der Waals surface area contributed by atoms with Crippen molar-refractivity contribution in [3.63, 3.8) is 0 Å². The van der Waals surface area contributed by atoms with E-state index in [0.717, 1.165) is 5.70 Å². The number of pyridine rings is 1. The number of ether oxygens (including phenoxy) is 4. The highest BCUT2D eigenvalue weighted by molar-refractivity contribution is 5.96. The zero-order valence-electron chi connectivity index (χ0n) is 23.0. The predicted molar refractivity (Wildman–Crippen MR) is 152 cm³/mol. The summed E-state index contributed by atoms with van der Waals surface area (Å²) in [6.07, 6.45) is 8.38. The van der Waals surface area contributed by atoms with Gasteiger partial charge in [-0.25, -0.2) is 8.78 Å². The van der Waals surface area contributed by atoms with Crippen molar-refractivity contribution in [1.82, 2.24) is 9.88 Å². The van der Waals surface area contributed by atoms with Crippen molar-refractivity contribution in [2.24, 2.45) is 0 Å². The SMILES string of the molecule is COc1cc2c(NC3=CC(Oc4ccccc4OC)CC=C3)c(C#N)cnc2cc1OCCCN1CCC(F)(F)C1. The van der Waals surface area contributed by atoms with Crippen molar-refractivity contribution >= 4 is 16.6 Å². The summed E-state index contributed by atoms with van der Waals surface area (Å²) in [5, 5.41) is 13.9. The summed E-state index contributed by atoms with van der Waals surface area (Å²) < 4.78 is 50.1. The zero-order valence-corrected chi connectivity index (χ0v) is 23.0. The number of halogens is 2. The lowest BCUT2D eigenvalue weighted by atomic mass is 10.1. The van der Waals surface area contributed by atoms with Crippen LogP contribution >= 0.6 is 0 Å². The normalized spacial score (nSPS) is 18.0. The van der Waals surface area contributed by atoms with Gasteiger partial charge in [0.15, 0.2) is 23.0 Å². The molecule has 1 aliphatic heterocycles. The number of para-hydroxylation sites is 2. The van der Waals surface area contributed by atoms with Crippen LogP contribution in [0.4, 0.5) is 14.5 Å². The smallest absolute Gasteiger partial charge is 0.261 e. The van der Waals surface area contributed by atoms with Crippen LogP contribution < -0.4 is 24.3 Å². The minimum atomic E-state index is -2.60. The molecule has 0 radical (unpaired) electrons. The van der Waals surface area contributed by atoms with Crippen LogP contribution in [0, 0.1) is 11.3 Å². The fraction of sp³-hybridized carbons (Fsp3) is 0.355. The first kappa shape index (κ1) is 28.2. The molecule has 1 aromatic heterocycles. The van der Waals surface area contributed by atoms with E-state index in [2.05, 4.69) is 16.4 Å². The summed E-state index contributed by atoms with van der Waals surface area (Å²) in [5.74, 6) is -0.324. The molecule has 2 aromatic carbocycles. The van der Waals surface area contributed by atoms with E-state index in [4.69, 9.17) is 18.9 Å². The fourth-order valence-electron chi connectivity index (χ4n) is 5.00. The number of allylic oxidation sites excluding steroid dienone is 1. The molecule has 8 nitrogen and oxygen atoms in total. The van der Waals surface area contributed by atoms with Gasteiger partial charge >= 0.3 is 0 Å². The van der Waals surface area contributed by atoms with Gasteiger partial charge in [-0.2, -0.15) is 5.26 Å². The average Bonchev–Trinajstić information content (AvgIpc) is 3.33. The monoisotopic (exact) mass is 562 g/mol. The molecule has 1 fully saturated rings. The van der Waals surface area contributed by atoms with Gasteiger partial charge in [-0.3, -0.25) is 9.88 Å². The van der Waals surface area contributed by atoms with E-state index in [1.807, 2.05) is 42.5 Å². The second-order valence-electron chi connectivity index (χ2n) is 9.96. The van der Waals surface area contributed by atoms with Crippen LogP contribution in [-0.4, -0.2) is 62.4 Å². The summed E-state index contributed by atoms with van der Waals surface area (Å²) in [6, 6.07) is 13.3. The summed E-state index contributed by atoms with van der Waals surface area (Å²) in [7, 11) is 3.15. The molecule has 1 unspecified atom stereocenters. The van der Waals surface area contributed by atoms with Crippen LogP contribution in [0.1, 0.15) is 24.8 Å². The molecular weight excluding hydrogens is 530 g/mol. The highest BCUT2D eigenvalue weighted by Gasteiger charge is 2.37. The standard InChI is InChI=1S/C31H32F2N4O4/c1-38-26-9-3-4-10-27(26)41-23-8-5-7-22(15-23)36-30-21(18-34)19-35-25-17-29(28(39-2)16-24(25)30)40-14-6-12-37-13-11-31(32,33)20-37/h3-5,7,9-10,15-17,19,23H,6,8,11-14,20H2,1-2H3,(H,35,36). The van der Waals surface area contributed by atoms with Gasteiger partial charge in [-0.1, -0.05) is 18.2 Å². The van der Waals surface area contributed by atoms with Crippen LogP contribution in [-0.2, 0) is 0 Å². The van der Waals surface area contributed by atoms with Crippen LogP contribution in [0.15, 0.2) is 66.5 Å². The summed E-state index contributed by atoms with van der Waals surface area (Å²) in [6.45, 7) is 1.07. The number of fused-ring (bicyclic) bond motifs is 1. The second kappa shape index (κ2) is 12.4. The first-order valence-electron chi connectivity index (χ1n) is 13.5. The Morgan fingerprint density at radius 2 is 1.93 bits per heavy atom. The van der Waals surface area contributed by atoms with Gasteiger partial charge < -0.3 is 24.3 Å². The number of alkyl halides is 2. The van der Waals surface area contributed by atoms with Crippen molar-refractivity contribution < 1.29 is 27.7 Å². The Labute approximate surface area is 237 Å². The van der Waals surface area contributed by atoms with Gasteiger partial charge in [0, 0.05) is 49.3 Å². The number of nitrogens with zero attached hydrogens (tertiary/aromatic N) is 3. The average molecular weight is 563 g/mol. The third-order valence-electron chi connectivity index (χ3n) is 7.05. The highest BCUT2D eigenvalue weighted by atomic mass is 19.3. The van der Waals surface area contributed by atoms with Crippen LogP contribution in [0.2, 0.25) is 0 Å². The van der Waals surface area contributed by atoms with Crippen LogP contribution in [0.25, 0.3) is 10.9 Å². The molecule has 10 heteroatoms. The quantitative estimate of drug-likeness (QED) is 0.288. The molecule has 0 spiro atoms. The molecule has 214 valence electrons. The number of rotatable bonds is 11. The number of hydrogen-bond donors (Lipinski definition) is 1. The Balaban J connectivity index is 1.33. The third kappa shape index (κ3) is 6.69. The number of methoxy groups -OCH3 is 2. The molecule has 1 saturated heterocycles. The van der Waals surface area contributed by atoms with Crippen molar-refractivity contribution in [3.05, 3.63) is 72.1 Å². The van der Waals surface area contributed by atoms with Gasteiger partial charge in [0.1, 0.15) is 12.2 Å². The molecule has 2 heterocycles. The Bertz CT molecular complexity index is 1500. The first-order chi connectivity index (χ1) is 19.9. The highest BCUT2D eigenvalue weighted by Crippen LogP contribution is 2.37. The molecule has 0 bridgehead atoms. The van der Waals surface area contributed by atoms with E-state index >= 15 is 0 Å². The van der Waals surface area contributed by atoms with Gasteiger partial charge in [0.05, 0.1) is 44.1 Å². The summed E-state index contributed by atoms with van der Waals surface area (Å²) in [4.78, 5) is 6.23. The van der Waals surface area contributed by atoms with E-state index in [9.17, 15) is 14.0 Å². The Morgan fingerprint density at radius 3 is 2.66 bits per heavy atom. The maximum absolute atomic E-state index is 13.4. The molecular formula is C31H32F2N4O4. The zero-order chi connectivity index (χ0) is 28.8. The Hall–Kier alpha value is -4.36. The van der Waals surface area contributed by atoms with E-state index in [1.54, 1.807) is 31.3 Å². The lowest BCUT2D eigenvalue weighted by Gasteiger charge is -2.21. The third-order valence-corrected chi connectivity index (χ3v) is 7.05. The van der Waals surface area contributed by atoms with E-state index in [0.29, 0.717) is 77.7 Å². The Morgan fingerprint density at radius 1 is 1.12 bits per heavy atom. The predicted octanol–water partition coefficient (Wildman–Crippen LogP) is 5.94. The molecule has 3 aromatic rings. The van der Waals surface area contributed by atoms with E-state index in [-0.39, 0.29) is 19.1 Å². The van der Waals surface area contributed by atoms with Gasteiger partial charge in [-0.05, 0) is 36.8 Å². The molecule has 1 atom stereocenters. The van der Waals surface area contributed by atoms with Crippen LogP contribution in [0.5, 0.6) is 23.0 Å². The summed E-state index contributed by atoms with van der Waals surface area (Å²) in [5.41, 5.74) is 2.35. The maximum atomic E-state index is 13.4. The minimum Gasteiger partial charge on any atom is -0.493 e. The number of likely N-dealkylation sites (tertiary alicyclic amines) is 1. The molecule has 41 heavy (non-hydrogen) atoms. The molecule has 1 aliphatic carbocycles. The summed E-state index contributed by atoms with van der Waals surface area (Å²) >= 11 is 0. The van der Waals surface area contributed by atoms with Crippen molar-refractivity contribution in [3.8, 4) is 29.1 Å². The first-order valence-corrected chi connectivity index (χ1v) is 13.5. The largest absolute Gasteiger partial charge is 0.493 e. The molecule has 1 N–H and O–H groups in total. The van der Waals surface area contributed by atoms with E-state index < -0.39 is 5.92 Å². The number of anilines is 1. The van der Waals surface area contributed by atoms with Gasteiger partial charge in [-0.15, -0.1) is 0 Å². The molecule has 2 aliphatic rings. The number of aromatic nitrogens is 1. The van der Waals surface area contributed by atoms with Crippen molar-refractivity contribution in [2.45, 2.75) is 31.3 Å². The van der Waals surface area contributed by atoms with Gasteiger partial charge in [0.2, 0.25) is 0 Å². The fourth-order valence-corrected chi connectivity index (χ4v) is 5.00. The molecule has 5 rings (SSSR count). The van der Waals surface area contributed by atoms with E-state index in [1.165, 1.54) is 6.20 Å². The van der Waals surface area contributed by atoms with Crippen molar-refractivity contribution in [1.29, 1.82) is 5.26 Å². The number of nitrogens with one attached hydrogen (secondary N) is 1. The number of nitriles is 1. The Kier molecular flexibility index (Phi) is 8.55. The molecule has 0 amide bonds. The topological polar surface area (TPSA) is 88.9 Å². The number of hydrogen-bond acceptors (Lipinski definition) is 8. The lowest BCUT2D eigenvalue weighted by Crippen LogP contribution is -2.27. The lowest BCUT2D eigenvalue weighted by molar-refractivity contribution is 0.0118. The van der Waals surface area contributed by atoms with Crippen molar-refractivity contribution in [2.75, 3.05) is 45.8 Å². The second-order valence-corrected chi connectivity index (χ2v) is 9.96. The van der Waals surface area contributed by atoms with Crippen LogP contribution in [0.3, 0.4) is 0 Å². The molecule has 0 saturated carbocycles. The van der Waals surface area contributed by atoms with Gasteiger partial charge in [0.25, 0.3) is 5.92 Å². The number of benzene rings is 2. The maximum Gasteiger partial charge on any atom is 0.261 e. The minimum absolute atomic E-state index is 0.0960.